The van der Waals surface area contributed by atoms with Crippen molar-refractivity contribution in [2.24, 2.45) is 5.73 Å². The Morgan fingerprint density at radius 3 is 2.79 bits per heavy atom. The fourth-order valence-electron chi connectivity index (χ4n) is 1.09. The molecule has 3 nitrogen and oxygen atoms in total. The maximum Gasteiger partial charge on any atom is 0.162 e. The predicted molar refractivity (Wildman–Crippen MR) is 57.0 cm³/mol. The van der Waals surface area contributed by atoms with E-state index < -0.39 is 0 Å². The van der Waals surface area contributed by atoms with E-state index in [0.717, 1.165) is 15.6 Å². The van der Waals surface area contributed by atoms with E-state index in [2.05, 4.69) is 4.98 Å². The summed E-state index contributed by atoms with van der Waals surface area (Å²) in [4.78, 5) is 5.33. The van der Waals surface area contributed by atoms with Crippen LogP contribution in [-0.4, -0.2) is 4.98 Å². The zero-order valence-electron chi connectivity index (χ0n) is 8.15. The third-order valence-electron chi connectivity index (χ3n) is 1.87. The molecule has 2 heterocycles. The molecular weight excluding hydrogens is 196 g/mol. The topological polar surface area (TPSA) is 52.0 Å². The number of nitrogens with zero attached hydrogens (tertiary/aromatic N) is 1. The van der Waals surface area contributed by atoms with Crippen LogP contribution >= 0.6 is 11.3 Å². The molecule has 0 saturated carbocycles. The summed E-state index contributed by atoms with van der Waals surface area (Å²) in [6.45, 7) is 3.93. The second-order valence-corrected chi connectivity index (χ2v) is 4.76. The summed E-state index contributed by atoms with van der Waals surface area (Å²) in [5.41, 5.74) is 5.63. The van der Waals surface area contributed by atoms with Gasteiger partial charge in [-0.25, -0.2) is 4.98 Å². The van der Waals surface area contributed by atoms with Gasteiger partial charge in [-0.15, -0.1) is 11.3 Å². The van der Waals surface area contributed by atoms with Gasteiger partial charge in [-0.2, -0.15) is 0 Å². The molecule has 2 aromatic heterocycles. The van der Waals surface area contributed by atoms with Crippen molar-refractivity contribution in [3.63, 3.8) is 0 Å². The van der Waals surface area contributed by atoms with Crippen molar-refractivity contribution in [1.29, 1.82) is 0 Å². The first-order valence-corrected chi connectivity index (χ1v) is 5.18. The van der Waals surface area contributed by atoms with E-state index in [1.54, 1.807) is 17.6 Å². The third-order valence-corrected chi connectivity index (χ3v) is 3.22. The second kappa shape index (κ2) is 3.22. The van der Waals surface area contributed by atoms with Gasteiger partial charge < -0.3 is 10.2 Å². The Bertz CT molecular complexity index is 412. The lowest BCUT2D eigenvalue weighted by Gasteiger charge is -2.14. The lowest BCUT2D eigenvalue weighted by Crippen LogP contribution is -2.27. The highest BCUT2D eigenvalue weighted by molar-refractivity contribution is 7.15. The monoisotopic (exact) mass is 208 g/mol. The molecule has 2 rings (SSSR count). The van der Waals surface area contributed by atoms with Crippen molar-refractivity contribution < 1.29 is 4.42 Å². The molecule has 0 aliphatic carbocycles. The lowest BCUT2D eigenvalue weighted by atomic mass is 10.1. The van der Waals surface area contributed by atoms with Gasteiger partial charge in [-0.05, 0) is 26.0 Å². The normalized spacial score (nSPS) is 11.9. The van der Waals surface area contributed by atoms with Gasteiger partial charge in [0, 0.05) is 16.6 Å². The van der Waals surface area contributed by atoms with Crippen LogP contribution in [0.25, 0.3) is 10.8 Å². The van der Waals surface area contributed by atoms with Crippen LogP contribution in [0.1, 0.15) is 18.7 Å². The number of hydrogen-bond donors (Lipinski definition) is 1. The molecule has 0 aliphatic heterocycles. The highest BCUT2D eigenvalue weighted by Gasteiger charge is 2.18. The highest BCUT2D eigenvalue weighted by Crippen LogP contribution is 2.30. The Morgan fingerprint density at radius 2 is 2.29 bits per heavy atom. The summed E-state index contributed by atoms with van der Waals surface area (Å²) >= 11 is 1.57. The Morgan fingerprint density at radius 1 is 1.50 bits per heavy atom. The average molecular weight is 208 g/mol. The van der Waals surface area contributed by atoms with Gasteiger partial charge in [-0.3, -0.25) is 0 Å². The first-order chi connectivity index (χ1) is 6.57. The smallest absolute Gasteiger partial charge is 0.162 e. The second-order valence-electron chi connectivity index (χ2n) is 3.73. The predicted octanol–water partition coefficient (Wildman–Crippen LogP) is 2.60. The minimum absolute atomic E-state index is 0.331. The summed E-state index contributed by atoms with van der Waals surface area (Å²) < 4.78 is 5.25. The zero-order chi connectivity index (χ0) is 10.2. The molecule has 0 amide bonds. The van der Waals surface area contributed by atoms with Crippen LogP contribution in [-0.2, 0) is 5.54 Å². The van der Waals surface area contributed by atoms with E-state index in [4.69, 9.17) is 10.2 Å². The van der Waals surface area contributed by atoms with Gasteiger partial charge in [-0.1, -0.05) is 0 Å². The SMILES string of the molecule is CC(C)(N)c1cnc(-c2ccco2)s1. The van der Waals surface area contributed by atoms with Crippen LogP contribution in [0.3, 0.4) is 0 Å². The molecule has 2 aromatic rings. The molecule has 74 valence electrons. The standard InChI is InChI=1S/C10H12N2OS/c1-10(2,11)8-6-12-9(14-8)7-4-3-5-13-7/h3-6H,11H2,1-2H3. The summed E-state index contributed by atoms with van der Waals surface area (Å²) in [6, 6.07) is 3.75. The maximum atomic E-state index is 5.96. The molecule has 0 bridgehead atoms. The van der Waals surface area contributed by atoms with Crippen LogP contribution < -0.4 is 5.73 Å². The first-order valence-electron chi connectivity index (χ1n) is 4.36. The Balaban J connectivity index is 2.36. The van der Waals surface area contributed by atoms with E-state index in [9.17, 15) is 0 Å². The van der Waals surface area contributed by atoms with E-state index in [1.165, 1.54) is 0 Å². The minimum atomic E-state index is -0.331. The molecule has 0 spiro atoms. The van der Waals surface area contributed by atoms with Crippen LogP contribution in [0.2, 0.25) is 0 Å². The number of furan rings is 1. The van der Waals surface area contributed by atoms with Crippen LogP contribution in [0, 0.1) is 0 Å². The van der Waals surface area contributed by atoms with Gasteiger partial charge in [0.15, 0.2) is 10.8 Å². The lowest BCUT2D eigenvalue weighted by molar-refractivity contribution is 0.565. The molecular formula is C10H12N2OS. The fourth-order valence-corrected chi connectivity index (χ4v) is 1.99. The number of nitrogens with two attached hydrogens (primary N) is 1. The summed E-state index contributed by atoms with van der Waals surface area (Å²) in [5.74, 6) is 0.797. The van der Waals surface area contributed by atoms with E-state index in [0.29, 0.717) is 0 Å². The van der Waals surface area contributed by atoms with Crippen LogP contribution in [0.15, 0.2) is 29.0 Å². The summed E-state index contributed by atoms with van der Waals surface area (Å²) in [5, 5.41) is 0.878. The molecule has 0 saturated heterocycles. The van der Waals surface area contributed by atoms with Crippen molar-refractivity contribution >= 4 is 11.3 Å². The Hall–Kier alpha value is -1.13. The largest absolute Gasteiger partial charge is 0.462 e. The average Bonchev–Trinajstić information content (AvgIpc) is 2.73. The number of rotatable bonds is 2. The molecule has 14 heavy (non-hydrogen) atoms. The third kappa shape index (κ3) is 1.71. The number of aromatic nitrogens is 1. The summed E-state index contributed by atoms with van der Waals surface area (Å²) in [6.07, 6.45) is 3.45. The van der Waals surface area contributed by atoms with Crippen molar-refractivity contribution in [2.45, 2.75) is 19.4 Å². The van der Waals surface area contributed by atoms with Crippen LogP contribution in [0.5, 0.6) is 0 Å². The van der Waals surface area contributed by atoms with E-state index in [1.807, 2.05) is 32.2 Å². The molecule has 0 unspecified atom stereocenters. The molecule has 4 heteroatoms. The van der Waals surface area contributed by atoms with E-state index in [-0.39, 0.29) is 5.54 Å². The minimum Gasteiger partial charge on any atom is -0.462 e. The molecule has 0 fully saturated rings. The van der Waals surface area contributed by atoms with Gasteiger partial charge in [0.2, 0.25) is 0 Å². The molecule has 0 radical (unpaired) electrons. The number of thiazole rings is 1. The Labute approximate surface area is 86.6 Å². The van der Waals surface area contributed by atoms with Crippen molar-refractivity contribution in [3.05, 3.63) is 29.5 Å². The van der Waals surface area contributed by atoms with Gasteiger partial charge in [0.1, 0.15) is 0 Å². The van der Waals surface area contributed by atoms with Crippen molar-refractivity contribution in [1.82, 2.24) is 4.98 Å². The summed E-state index contributed by atoms with van der Waals surface area (Å²) in [7, 11) is 0. The molecule has 0 aliphatic rings. The van der Waals surface area contributed by atoms with Crippen molar-refractivity contribution in [3.8, 4) is 10.8 Å². The van der Waals surface area contributed by atoms with Gasteiger partial charge in [0.25, 0.3) is 0 Å². The number of hydrogen-bond acceptors (Lipinski definition) is 4. The zero-order valence-corrected chi connectivity index (χ0v) is 8.97. The van der Waals surface area contributed by atoms with Crippen LogP contribution in [0.4, 0.5) is 0 Å². The highest BCUT2D eigenvalue weighted by atomic mass is 32.1. The molecule has 0 aromatic carbocycles. The molecule has 2 N–H and O–H groups in total. The first kappa shape index (κ1) is 9.43. The van der Waals surface area contributed by atoms with E-state index >= 15 is 0 Å². The fraction of sp³-hybridized carbons (Fsp3) is 0.300. The van der Waals surface area contributed by atoms with Gasteiger partial charge >= 0.3 is 0 Å². The molecule has 0 atom stereocenters. The van der Waals surface area contributed by atoms with Gasteiger partial charge in [0.05, 0.1) is 6.26 Å². The maximum absolute atomic E-state index is 5.96. The quantitative estimate of drug-likeness (QED) is 0.825. The van der Waals surface area contributed by atoms with Crippen molar-refractivity contribution in [2.75, 3.05) is 0 Å². The Kier molecular flexibility index (Phi) is 2.17.